The second-order valence-electron chi connectivity index (χ2n) is 7.66. The first-order valence-electron chi connectivity index (χ1n) is 9.98. The summed E-state index contributed by atoms with van der Waals surface area (Å²) in [5.74, 6) is -0.158. The number of Topliss-reactive ketones (excluding diaryl/α,β-unsaturated/α-hetero) is 1. The van der Waals surface area contributed by atoms with Crippen LogP contribution in [-0.2, 0) is 16.6 Å². The van der Waals surface area contributed by atoms with Crippen LogP contribution in [0.4, 0.5) is 0 Å². The third kappa shape index (κ3) is 4.92. The Labute approximate surface area is 181 Å². The summed E-state index contributed by atoms with van der Waals surface area (Å²) in [5.41, 5.74) is 3.09. The Kier molecular flexibility index (Phi) is 6.74. The zero-order valence-electron chi connectivity index (χ0n) is 17.8. The number of fused-ring (bicyclic) bond motifs is 1. The monoisotopic (exact) mass is 442 g/mol. The molecule has 1 aromatic heterocycles. The number of hydrogen-bond acceptors (Lipinski definition) is 5. The lowest BCUT2D eigenvalue weighted by Crippen LogP contribution is -2.34. The summed E-state index contributed by atoms with van der Waals surface area (Å²) in [5, 5.41) is 10.1. The Morgan fingerprint density at radius 3 is 2.39 bits per heavy atom. The highest BCUT2D eigenvalue weighted by atomic mass is 32.2. The number of aliphatic hydroxyl groups excluding tert-OH is 1. The summed E-state index contributed by atoms with van der Waals surface area (Å²) in [6, 6.07) is 11.3. The number of sulfonamides is 1. The molecule has 0 saturated carbocycles. The number of H-pyrrole nitrogens is 1. The van der Waals surface area contributed by atoms with Gasteiger partial charge in [0, 0.05) is 41.7 Å². The van der Waals surface area contributed by atoms with Crippen molar-refractivity contribution in [2.75, 3.05) is 13.2 Å². The lowest BCUT2D eigenvalue weighted by atomic mass is 10.0. The van der Waals surface area contributed by atoms with Gasteiger partial charge in [-0.25, -0.2) is 8.42 Å². The van der Waals surface area contributed by atoms with Crippen molar-refractivity contribution >= 4 is 26.7 Å². The van der Waals surface area contributed by atoms with E-state index in [1.165, 1.54) is 35.5 Å². The maximum Gasteiger partial charge on any atom is 0.252 e. The van der Waals surface area contributed by atoms with Gasteiger partial charge in [0.2, 0.25) is 10.0 Å². The van der Waals surface area contributed by atoms with E-state index in [4.69, 9.17) is 0 Å². The predicted molar refractivity (Wildman–Crippen MR) is 120 cm³/mol. The fraction of sp³-hybridized carbons (Fsp3) is 0.304. The SMILES string of the molecule is CC(=O)c1ccc(S(=O)(=O)N(CCCO)Cc2cc3c(C)cc(C)cc3[nH]c2=O)cc1. The van der Waals surface area contributed by atoms with Crippen molar-refractivity contribution in [3.8, 4) is 0 Å². The van der Waals surface area contributed by atoms with Crippen molar-refractivity contribution in [1.82, 2.24) is 9.29 Å². The number of pyridine rings is 1. The molecular weight excluding hydrogens is 416 g/mol. The second kappa shape index (κ2) is 9.13. The fourth-order valence-corrected chi connectivity index (χ4v) is 5.02. The van der Waals surface area contributed by atoms with Gasteiger partial charge >= 0.3 is 0 Å². The van der Waals surface area contributed by atoms with Crippen molar-refractivity contribution < 1.29 is 18.3 Å². The smallest absolute Gasteiger partial charge is 0.252 e. The molecule has 2 aromatic carbocycles. The number of aliphatic hydroxyl groups is 1. The molecule has 0 aliphatic carbocycles. The number of ketones is 1. The van der Waals surface area contributed by atoms with E-state index < -0.39 is 10.0 Å². The van der Waals surface area contributed by atoms with Gasteiger partial charge in [0.05, 0.1) is 4.90 Å². The largest absolute Gasteiger partial charge is 0.396 e. The van der Waals surface area contributed by atoms with Crippen molar-refractivity contribution in [3.05, 3.63) is 75.1 Å². The van der Waals surface area contributed by atoms with Crippen molar-refractivity contribution in [2.45, 2.75) is 38.6 Å². The molecule has 3 rings (SSSR count). The van der Waals surface area contributed by atoms with E-state index in [0.29, 0.717) is 16.6 Å². The molecule has 0 aliphatic heterocycles. The molecule has 0 bridgehead atoms. The lowest BCUT2D eigenvalue weighted by molar-refractivity contribution is 0.101. The predicted octanol–water partition coefficient (Wildman–Crippen LogP) is 2.92. The van der Waals surface area contributed by atoms with E-state index in [1.807, 2.05) is 26.0 Å². The minimum absolute atomic E-state index is 0.0273. The van der Waals surface area contributed by atoms with Gasteiger partial charge in [0.25, 0.3) is 5.56 Å². The molecule has 164 valence electrons. The third-order valence-corrected chi connectivity index (χ3v) is 7.06. The van der Waals surface area contributed by atoms with Gasteiger partial charge in [-0.15, -0.1) is 0 Å². The normalized spacial score (nSPS) is 11.9. The standard InChI is InChI=1S/C23H26N2O5S/c1-15-11-16(2)21-13-19(23(28)24-22(21)12-15)14-25(9-4-10-26)31(29,30)20-7-5-18(6-8-20)17(3)27/h5-8,11-13,26H,4,9-10,14H2,1-3H3,(H,24,28). The molecule has 0 fully saturated rings. The van der Waals surface area contributed by atoms with Gasteiger partial charge in [0.15, 0.2) is 5.78 Å². The first-order valence-corrected chi connectivity index (χ1v) is 11.4. The molecule has 2 N–H and O–H groups in total. The Bertz CT molecular complexity index is 1280. The second-order valence-corrected chi connectivity index (χ2v) is 9.60. The third-order valence-electron chi connectivity index (χ3n) is 5.20. The molecular formula is C23H26N2O5S. The number of nitrogens with one attached hydrogen (secondary N) is 1. The maximum atomic E-state index is 13.3. The number of benzene rings is 2. The Morgan fingerprint density at radius 2 is 1.77 bits per heavy atom. The zero-order chi connectivity index (χ0) is 22.8. The van der Waals surface area contributed by atoms with Gasteiger partial charge < -0.3 is 10.1 Å². The van der Waals surface area contributed by atoms with Gasteiger partial charge in [-0.1, -0.05) is 18.2 Å². The van der Waals surface area contributed by atoms with Crippen LogP contribution >= 0.6 is 0 Å². The molecule has 0 amide bonds. The molecule has 0 unspecified atom stereocenters. The Hall–Kier alpha value is -2.81. The molecule has 1 heterocycles. The summed E-state index contributed by atoms with van der Waals surface area (Å²) in [7, 11) is -3.94. The van der Waals surface area contributed by atoms with Crippen LogP contribution in [0.5, 0.6) is 0 Å². The number of carbonyl (C=O) groups excluding carboxylic acids is 1. The van der Waals surface area contributed by atoms with E-state index >= 15 is 0 Å². The van der Waals surface area contributed by atoms with E-state index in [1.54, 1.807) is 6.07 Å². The molecule has 3 aromatic rings. The molecule has 7 nitrogen and oxygen atoms in total. The van der Waals surface area contributed by atoms with Crippen LogP contribution < -0.4 is 5.56 Å². The molecule has 0 spiro atoms. The van der Waals surface area contributed by atoms with Crippen LogP contribution in [0.25, 0.3) is 10.9 Å². The quantitative estimate of drug-likeness (QED) is 0.522. The number of aromatic amines is 1. The van der Waals surface area contributed by atoms with Gasteiger partial charge in [0.1, 0.15) is 0 Å². The van der Waals surface area contributed by atoms with Crippen LogP contribution in [0.3, 0.4) is 0 Å². The molecule has 0 radical (unpaired) electrons. The Balaban J connectivity index is 2.02. The van der Waals surface area contributed by atoms with Crippen LogP contribution in [0.2, 0.25) is 0 Å². The number of carbonyl (C=O) groups is 1. The first-order chi connectivity index (χ1) is 14.6. The van der Waals surface area contributed by atoms with Crippen molar-refractivity contribution in [1.29, 1.82) is 0 Å². The van der Waals surface area contributed by atoms with Crippen molar-refractivity contribution in [3.63, 3.8) is 0 Å². The highest BCUT2D eigenvalue weighted by Gasteiger charge is 2.25. The molecule has 0 atom stereocenters. The van der Waals surface area contributed by atoms with Crippen LogP contribution in [0, 0.1) is 13.8 Å². The van der Waals surface area contributed by atoms with Crippen LogP contribution in [0.1, 0.15) is 40.4 Å². The van der Waals surface area contributed by atoms with E-state index in [2.05, 4.69) is 4.98 Å². The van der Waals surface area contributed by atoms with Crippen LogP contribution in [-0.4, -0.2) is 41.7 Å². The van der Waals surface area contributed by atoms with Crippen LogP contribution in [0.15, 0.2) is 52.2 Å². The average molecular weight is 443 g/mol. The maximum absolute atomic E-state index is 13.3. The number of aromatic nitrogens is 1. The molecule has 8 heteroatoms. The van der Waals surface area contributed by atoms with E-state index in [9.17, 15) is 23.1 Å². The molecule has 0 saturated heterocycles. The zero-order valence-corrected chi connectivity index (χ0v) is 18.6. The Morgan fingerprint density at radius 1 is 1.10 bits per heavy atom. The summed E-state index contributed by atoms with van der Waals surface area (Å²) in [4.78, 5) is 27.1. The number of nitrogens with zero attached hydrogens (tertiary/aromatic N) is 1. The number of rotatable bonds is 8. The van der Waals surface area contributed by atoms with Gasteiger partial charge in [-0.2, -0.15) is 4.31 Å². The van der Waals surface area contributed by atoms with Crippen molar-refractivity contribution in [2.24, 2.45) is 0 Å². The highest BCUT2D eigenvalue weighted by molar-refractivity contribution is 7.89. The highest BCUT2D eigenvalue weighted by Crippen LogP contribution is 2.22. The summed E-state index contributed by atoms with van der Waals surface area (Å²) < 4.78 is 27.7. The van der Waals surface area contributed by atoms with E-state index in [-0.39, 0.29) is 42.4 Å². The summed E-state index contributed by atoms with van der Waals surface area (Å²) in [6.07, 6.45) is 0.231. The minimum Gasteiger partial charge on any atom is -0.396 e. The number of hydrogen-bond donors (Lipinski definition) is 2. The van der Waals surface area contributed by atoms with E-state index in [0.717, 1.165) is 16.5 Å². The first kappa shape index (κ1) is 22.9. The summed E-state index contributed by atoms with van der Waals surface area (Å²) >= 11 is 0. The lowest BCUT2D eigenvalue weighted by Gasteiger charge is -2.22. The molecule has 0 aliphatic rings. The number of aryl methyl sites for hydroxylation is 2. The topological polar surface area (TPSA) is 108 Å². The van der Waals surface area contributed by atoms with Gasteiger partial charge in [-0.05, 0) is 62.6 Å². The minimum atomic E-state index is -3.94. The molecule has 31 heavy (non-hydrogen) atoms. The average Bonchev–Trinajstić information content (AvgIpc) is 2.71. The van der Waals surface area contributed by atoms with Gasteiger partial charge in [-0.3, -0.25) is 9.59 Å². The fourth-order valence-electron chi connectivity index (χ4n) is 3.57. The summed E-state index contributed by atoms with van der Waals surface area (Å²) in [6.45, 7) is 5.04.